The summed E-state index contributed by atoms with van der Waals surface area (Å²) in [6, 6.07) is 7.94. The smallest absolute Gasteiger partial charge is 0.272 e. The average Bonchev–Trinajstić information content (AvgIpc) is 3.13. The molecule has 0 unspecified atom stereocenters. The van der Waals surface area contributed by atoms with E-state index in [4.69, 9.17) is 0 Å². The van der Waals surface area contributed by atoms with Crippen molar-refractivity contribution in [2.45, 2.75) is 26.3 Å². The Bertz CT molecular complexity index is 761. The molecule has 4 nitrogen and oxygen atoms in total. The molecule has 0 radical (unpaired) electrons. The van der Waals surface area contributed by atoms with E-state index in [1.807, 2.05) is 52.5 Å². The fourth-order valence-corrected chi connectivity index (χ4v) is 2.86. The highest BCUT2D eigenvalue weighted by atomic mass is 32.1. The van der Waals surface area contributed by atoms with Gasteiger partial charge in [-0.1, -0.05) is 13.0 Å². The van der Waals surface area contributed by atoms with E-state index in [9.17, 15) is 4.79 Å². The first kappa shape index (κ1) is 13.8. The predicted molar refractivity (Wildman–Crippen MR) is 85.7 cm³/mol. The van der Waals surface area contributed by atoms with Gasteiger partial charge >= 0.3 is 0 Å². The lowest BCUT2D eigenvalue weighted by atomic mass is 10.1. The third-order valence-electron chi connectivity index (χ3n) is 3.53. The molecule has 21 heavy (non-hydrogen) atoms. The molecule has 3 heterocycles. The zero-order chi connectivity index (χ0) is 14.8. The number of carbonyl (C=O) groups excluding carboxylic acids is 1. The minimum atomic E-state index is -0.116. The van der Waals surface area contributed by atoms with Crippen LogP contribution in [0.2, 0.25) is 0 Å². The Labute approximate surface area is 127 Å². The molecule has 0 aromatic carbocycles. The first-order chi connectivity index (χ1) is 10.2. The third-order valence-corrected chi connectivity index (χ3v) is 4.21. The SMILES string of the molecule is CC[C@H](C)NC(=O)c1nc2ccccn2c1-c1ccsc1. The van der Waals surface area contributed by atoms with Crippen LogP contribution in [0.1, 0.15) is 30.8 Å². The van der Waals surface area contributed by atoms with E-state index in [0.29, 0.717) is 5.69 Å². The number of fused-ring (bicyclic) bond motifs is 1. The molecule has 0 saturated carbocycles. The van der Waals surface area contributed by atoms with E-state index in [0.717, 1.165) is 23.3 Å². The average molecular weight is 299 g/mol. The molecule has 0 saturated heterocycles. The van der Waals surface area contributed by atoms with Crippen molar-refractivity contribution in [1.82, 2.24) is 14.7 Å². The molecule has 0 bridgehead atoms. The standard InChI is InChI=1S/C16H17N3OS/c1-3-11(2)17-16(20)14-15(12-7-9-21-10-12)19-8-5-4-6-13(19)18-14/h4-11H,3H2,1-2H3,(H,17,20)/t11-/m0/s1. The number of amides is 1. The van der Waals surface area contributed by atoms with Crippen molar-refractivity contribution in [3.05, 3.63) is 46.9 Å². The summed E-state index contributed by atoms with van der Waals surface area (Å²) < 4.78 is 1.97. The molecule has 0 aliphatic rings. The molecule has 1 N–H and O–H groups in total. The van der Waals surface area contributed by atoms with Gasteiger partial charge in [-0.2, -0.15) is 11.3 Å². The molecule has 0 aliphatic heterocycles. The fraction of sp³-hybridized carbons (Fsp3) is 0.250. The van der Waals surface area contributed by atoms with Crippen LogP contribution in [0.3, 0.4) is 0 Å². The summed E-state index contributed by atoms with van der Waals surface area (Å²) in [6.07, 6.45) is 2.84. The van der Waals surface area contributed by atoms with Crippen LogP contribution < -0.4 is 5.32 Å². The number of aromatic nitrogens is 2. The van der Waals surface area contributed by atoms with Gasteiger partial charge in [0.1, 0.15) is 5.65 Å². The maximum Gasteiger partial charge on any atom is 0.272 e. The highest BCUT2D eigenvalue weighted by Crippen LogP contribution is 2.27. The maximum absolute atomic E-state index is 12.5. The van der Waals surface area contributed by atoms with Crippen LogP contribution in [0, 0.1) is 0 Å². The second-order valence-electron chi connectivity index (χ2n) is 5.03. The lowest BCUT2D eigenvalue weighted by Crippen LogP contribution is -2.32. The highest BCUT2D eigenvalue weighted by Gasteiger charge is 2.21. The summed E-state index contributed by atoms with van der Waals surface area (Å²) >= 11 is 1.61. The fourth-order valence-electron chi connectivity index (χ4n) is 2.22. The molecule has 0 aliphatic carbocycles. The van der Waals surface area contributed by atoms with E-state index in [-0.39, 0.29) is 11.9 Å². The van der Waals surface area contributed by atoms with Gasteiger partial charge in [0.05, 0.1) is 5.69 Å². The van der Waals surface area contributed by atoms with Crippen LogP contribution in [-0.2, 0) is 0 Å². The molecular formula is C16H17N3OS. The van der Waals surface area contributed by atoms with Crippen molar-refractivity contribution in [2.75, 3.05) is 0 Å². The summed E-state index contributed by atoms with van der Waals surface area (Å²) in [5.74, 6) is -0.116. The van der Waals surface area contributed by atoms with Gasteiger partial charge in [0, 0.05) is 23.2 Å². The number of pyridine rings is 1. The predicted octanol–water partition coefficient (Wildman–Crippen LogP) is 3.59. The summed E-state index contributed by atoms with van der Waals surface area (Å²) in [7, 11) is 0. The van der Waals surface area contributed by atoms with Crippen molar-refractivity contribution < 1.29 is 4.79 Å². The zero-order valence-corrected chi connectivity index (χ0v) is 12.9. The summed E-state index contributed by atoms with van der Waals surface area (Å²) in [5.41, 5.74) is 3.15. The van der Waals surface area contributed by atoms with Crippen LogP contribution in [0.4, 0.5) is 0 Å². The molecule has 3 rings (SSSR count). The number of thiophene rings is 1. The first-order valence-electron chi connectivity index (χ1n) is 7.01. The lowest BCUT2D eigenvalue weighted by Gasteiger charge is -2.10. The normalized spacial score (nSPS) is 12.5. The molecule has 3 aromatic heterocycles. The van der Waals surface area contributed by atoms with E-state index in [2.05, 4.69) is 17.2 Å². The number of hydrogen-bond donors (Lipinski definition) is 1. The molecule has 108 valence electrons. The van der Waals surface area contributed by atoms with Gasteiger partial charge in [0.25, 0.3) is 5.91 Å². The molecular weight excluding hydrogens is 282 g/mol. The van der Waals surface area contributed by atoms with Gasteiger partial charge in [0.2, 0.25) is 0 Å². The number of nitrogens with zero attached hydrogens (tertiary/aromatic N) is 2. The van der Waals surface area contributed by atoms with Crippen LogP contribution in [-0.4, -0.2) is 21.3 Å². The molecule has 1 atom stereocenters. The number of nitrogens with one attached hydrogen (secondary N) is 1. The van der Waals surface area contributed by atoms with Crippen LogP contribution in [0.15, 0.2) is 41.2 Å². The van der Waals surface area contributed by atoms with Crippen LogP contribution in [0.25, 0.3) is 16.9 Å². The lowest BCUT2D eigenvalue weighted by molar-refractivity contribution is 0.0935. The largest absolute Gasteiger partial charge is 0.348 e. The number of rotatable bonds is 4. The van der Waals surface area contributed by atoms with Crippen molar-refractivity contribution >= 4 is 22.9 Å². The minimum absolute atomic E-state index is 0.116. The first-order valence-corrected chi connectivity index (χ1v) is 7.95. The Morgan fingerprint density at radius 2 is 2.29 bits per heavy atom. The Morgan fingerprint density at radius 3 is 3.00 bits per heavy atom. The van der Waals surface area contributed by atoms with Gasteiger partial charge in [-0.3, -0.25) is 9.20 Å². The van der Waals surface area contributed by atoms with Crippen molar-refractivity contribution in [3.63, 3.8) is 0 Å². The second-order valence-corrected chi connectivity index (χ2v) is 5.81. The second kappa shape index (κ2) is 5.69. The van der Waals surface area contributed by atoms with E-state index in [1.165, 1.54) is 0 Å². The van der Waals surface area contributed by atoms with E-state index >= 15 is 0 Å². The van der Waals surface area contributed by atoms with Crippen LogP contribution >= 0.6 is 11.3 Å². The Morgan fingerprint density at radius 1 is 1.43 bits per heavy atom. The van der Waals surface area contributed by atoms with Gasteiger partial charge in [0.15, 0.2) is 5.69 Å². The van der Waals surface area contributed by atoms with Crippen molar-refractivity contribution in [1.29, 1.82) is 0 Å². The monoisotopic (exact) mass is 299 g/mol. The Hall–Kier alpha value is -2.14. The molecule has 3 aromatic rings. The molecule has 0 spiro atoms. The number of carbonyl (C=O) groups is 1. The summed E-state index contributed by atoms with van der Waals surface area (Å²) in [4.78, 5) is 17.0. The van der Waals surface area contributed by atoms with Gasteiger partial charge in [-0.25, -0.2) is 4.98 Å². The van der Waals surface area contributed by atoms with Crippen molar-refractivity contribution in [2.24, 2.45) is 0 Å². The third kappa shape index (κ3) is 2.56. The Balaban J connectivity index is 2.13. The maximum atomic E-state index is 12.5. The zero-order valence-electron chi connectivity index (χ0n) is 12.0. The summed E-state index contributed by atoms with van der Waals surface area (Å²) in [5, 5.41) is 7.04. The van der Waals surface area contributed by atoms with Gasteiger partial charge in [-0.15, -0.1) is 0 Å². The van der Waals surface area contributed by atoms with Gasteiger partial charge < -0.3 is 5.32 Å². The number of hydrogen-bond acceptors (Lipinski definition) is 3. The quantitative estimate of drug-likeness (QED) is 0.800. The Kier molecular flexibility index (Phi) is 3.75. The van der Waals surface area contributed by atoms with E-state index in [1.54, 1.807) is 11.3 Å². The van der Waals surface area contributed by atoms with Crippen LogP contribution in [0.5, 0.6) is 0 Å². The highest BCUT2D eigenvalue weighted by molar-refractivity contribution is 7.08. The summed E-state index contributed by atoms with van der Waals surface area (Å²) in [6.45, 7) is 4.05. The van der Waals surface area contributed by atoms with Gasteiger partial charge in [-0.05, 0) is 36.9 Å². The minimum Gasteiger partial charge on any atom is -0.348 e. The van der Waals surface area contributed by atoms with E-state index < -0.39 is 0 Å². The molecule has 5 heteroatoms. The van der Waals surface area contributed by atoms with Crippen molar-refractivity contribution in [3.8, 4) is 11.3 Å². The molecule has 1 amide bonds. The number of imidazole rings is 1. The molecule has 0 fully saturated rings. The topological polar surface area (TPSA) is 46.4 Å².